The van der Waals surface area contributed by atoms with E-state index in [-0.39, 0.29) is 0 Å². The Hall–Kier alpha value is -0.150. The SMILES string of the molecule is CCCS(=O)c1ccccc1Br. The van der Waals surface area contributed by atoms with Crippen molar-refractivity contribution in [1.29, 1.82) is 0 Å². The molecule has 1 aromatic carbocycles. The molecular weight excluding hydrogens is 236 g/mol. The molecule has 0 heterocycles. The lowest BCUT2D eigenvalue weighted by Crippen LogP contribution is -1.96. The normalized spacial score (nSPS) is 12.8. The molecule has 0 N–H and O–H groups in total. The number of hydrogen-bond acceptors (Lipinski definition) is 1. The van der Waals surface area contributed by atoms with Crippen LogP contribution < -0.4 is 0 Å². The summed E-state index contributed by atoms with van der Waals surface area (Å²) in [5, 5.41) is 0. The highest BCUT2D eigenvalue weighted by Crippen LogP contribution is 2.19. The highest BCUT2D eigenvalue weighted by Gasteiger charge is 2.04. The van der Waals surface area contributed by atoms with E-state index in [9.17, 15) is 4.21 Å². The molecule has 3 heteroatoms. The molecule has 0 saturated heterocycles. The molecule has 1 atom stereocenters. The van der Waals surface area contributed by atoms with Crippen LogP contribution in [0.2, 0.25) is 0 Å². The van der Waals surface area contributed by atoms with Gasteiger partial charge in [0.05, 0.1) is 15.7 Å². The number of hydrogen-bond donors (Lipinski definition) is 0. The van der Waals surface area contributed by atoms with Crippen LogP contribution in [-0.2, 0) is 10.8 Å². The van der Waals surface area contributed by atoms with Gasteiger partial charge in [0.1, 0.15) is 0 Å². The topological polar surface area (TPSA) is 17.1 Å². The van der Waals surface area contributed by atoms with Crippen LogP contribution in [0.15, 0.2) is 33.6 Å². The first-order chi connectivity index (χ1) is 5.75. The van der Waals surface area contributed by atoms with E-state index < -0.39 is 10.8 Å². The molecule has 1 nitrogen and oxygen atoms in total. The van der Waals surface area contributed by atoms with Crippen molar-refractivity contribution < 1.29 is 4.21 Å². The largest absolute Gasteiger partial charge is 0.254 e. The van der Waals surface area contributed by atoms with Crippen molar-refractivity contribution in [1.82, 2.24) is 0 Å². The third kappa shape index (κ3) is 2.42. The standard InChI is InChI=1S/C9H11BrOS/c1-2-7-12(11)9-6-4-3-5-8(9)10/h3-6H,2,7H2,1H3. The molecule has 0 amide bonds. The van der Waals surface area contributed by atoms with Gasteiger partial charge in [0.2, 0.25) is 0 Å². The summed E-state index contributed by atoms with van der Waals surface area (Å²) < 4.78 is 12.5. The molecular formula is C9H11BrOS. The Morgan fingerprint density at radius 1 is 1.42 bits per heavy atom. The molecule has 0 saturated carbocycles. The van der Waals surface area contributed by atoms with E-state index in [1.165, 1.54) is 0 Å². The Labute approximate surface area is 83.8 Å². The minimum absolute atomic E-state index is 0.739. The zero-order chi connectivity index (χ0) is 8.97. The molecule has 66 valence electrons. The molecule has 0 spiro atoms. The molecule has 12 heavy (non-hydrogen) atoms. The summed E-state index contributed by atoms with van der Waals surface area (Å²) in [4.78, 5) is 0.902. The number of benzene rings is 1. The lowest BCUT2D eigenvalue weighted by atomic mass is 10.4. The van der Waals surface area contributed by atoms with Crippen LogP contribution in [0.25, 0.3) is 0 Å². The average molecular weight is 247 g/mol. The molecule has 0 fully saturated rings. The summed E-state index contributed by atoms with van der Waals surface area (Å²) in [5.41, 5.74) is 0. The molecule has 0 radical (unpaired) electrons. The Kier molecular flexibility index (Phi) is 3.95. The predicted molar refractivity (Wildman–Crippen MR) is 55.7 cm³/mol. The smallest absolute Gasteiger partial charge is 0.0540 e. The van der Waals surface area contributed by atoms with Crippen molar-refractivity contribution in [3.8, 4) is 0 Å². The number of halogens is 1. The van der Waals surface area contributed by atoms with Crippen molar-refractivity contribution in [2.75, 3.05) is 5.75 Å². The molecule has 0 aliphatic heterocycles. The van der Waals surface area contributed by atoms with Crippen molar-refractivity contribution in [2.45, 2.75) is 18.2 Å². The zero-order valence-corrected chi connectivity index (χ0v) is 9.32. The van der Waals surface area contributed by atoms with E-state index in [1.54, 1.807) is 0 Å². The van der Waals surface area contributed by atoms with Crippen molar-refractivity contribution in [3.63, 3.8) is 0 Å². The summed E-state index contributed by atoms with van der Waals surface area (Å²) in [5.74, 6) is 0.739. The Morgan fingerprint density at radius 2 is 2.08 bits per heavy atom. The predicted octanol–water partition coefficient (Wildman–Crippen LogP) is 2.97. The van der Waals surface area contributed by atoms with Crippen LogP contribution >= 0.6 is 15.9 Å². The maximum atomic E-state index is 11.5. The van der Waals surface area contributed by atoms with E-state index in [0.717, 1.165) is 21.5 Å². The van der Waals surface area contributed by atoms with Gasteiger partial charge in [-0.15, -0.1) is 0 Å². The van der Waals surface area contributed by atoms with Crippen LogP contribution in [0.4, 0.5) is 0 Å². The summed E-state index contributed by atoms with van der Waals surface area (Å²) >= 11 is 3.37. The van der Waals surface area contributed by atoms with Crippen LogP contribution in [-0.4, -0.2) is 9.96 Å². The maximum absolute atomic E-state index is 11.5. The summed E-state index contributed by atoms with van der Waals surface area (Å²) in [6, 6.07) is 7.66. The number of rotatable bonds is 3. The van der Waals surface area contributed by atoms with Gasteiger partial charge in [-0.1, -0.05) is 19.1 Å². The maximum Gasteiger partial charge on any atom is 0.0540 e. The molecule has 0 bridgehead atoms. The third-order valence-electron chi connectivity index (χ3n) is 1.47. The second kappa shape index (κ2) is 4.77. The first-order valence-corrected chi connectivity index (χ1v) is 5.99. The summed E-state index contributed by atoms with van der Waals surface area (Å²) in [6.07, 6.45) is 0.952. The van der Waals surface area contributed by atoms with Gasteiger partial charge in [0, 0.05) is 10.2 Å². The van der Waals surface area contributed by atoms with Crippen LogP contribution in [0.5, 0.6) is 0 Å². The monoisotopic (exact) mass is 246 g/mol. The first kappa shape index (κ1) is 9.93. The van der Waals surface area contributed by atoms with Crippen LogP contribution in [0.3, 0.4) is 0 Å². The fourth-order valence-electron chi connectivity index (χ4n) is 0.925. The summed E-state index contributed by atoms with van der Waals surface area (Å²) in [7, 11) is -0.842. The van der Waals surface area contributed by atoms with E-state index in [4.69, 9.17) is 0 Å². The Morgan fingerprint density at radius 3 is 2.67 bits per heavy atom. The van der Waals surface area contributed by atoms with Crippen molar-refractivity contribution in [3.05, 3.63) is 28.7 Å². The van der Waals surface area contributed by atoms with Gasteiger partial charge in [0.15, 0.2) is 0 Å². The Bertz CT molecular complexity index is 286. The van der Waals surface area contributed by atoms with Crippen molar-refractivity contribution in [2.24, 2.45) is 0 Å². The van der Waals surface area contributed by atoms with Crippen LogP contribution in [0.1, 0.15) is 13.3 Å². The van der Waals surface area contributed by atoms with Gasteiger partial charge >= 0.3 is 0 Å². The second-order valence-electron chi connectivity index (χ2n) is 2.48. The van der Waals surface area contributed by atoms with E-state index in [1.807, 2.05) is 31.2 Å². The highest BCUT2D eigenvalue weighted by atomic mass is 79.9. The lowest BCUT2D eigenvalue weighted by Gasteiger charge is -2.01. The molecule has 0 aliphatic carbocycles. The first-order valence-electron chi connectivity index (χ1n) is 3.88. The van der Waals surface area contributed by atoms with Gasteiger partial charge in [-0.05, 0) is 34.5 Å². The molecule has 1 aromatic rings. The van der Waals surface area contributed by atoms with Crippen LogP contribution in [0, 0.1) is 0 Å². The average Bonchev–Trinajstić information content (AvgIpc) is 2.05. The molecule has 1 unspecified atom stereocenters. The minimum Gasteiger partial charge on any atom is -0.254 e. The van der Waals surface area contributed by atoms with Gasteiger partial charge < -0.3 is 0 Å². The van der Waals surface area contributed by atoms with Gasteiger partial charge in [-0.25, -0.2) is 0 Å². The van der Waals surface area contributed by atoms with Gasteiger partial charge in [0.25, 0.3) is 0 Å². The van der Waals surface area contributed by atoms with E-state index in [2.05, 4.69) is 15.9 Å². The van der Waals surface area contributed by atoms with Gasteiger partial charge in [-0.2, -0.15) is 0 Å². The van der Waals surface area contributed by atoms with E-state index >= 15 is 0 Å². The molecule has 1 rings (SSSR count). The third-order valence-corrected chi connectivity index (χ3v) is 4.05. The molecule has 0 aromatic heterocycles. The lowest BCUT2D eigenvalue weighted by molar-refractivity contribution is 0.681. The quantitative estimate of drug-likeness (QED) is 0.802. The fourth-order valence-corrected chi connectivity index (χ4v) is 2.86. The van der Waals surface area contributed by atoms with Crippen molar-refractivity contribution >= 4 is 26.7 Å². The highest BCUT2D eigenvalue weighted by molar-refractivity contribution is 9.10. The van der Waals surface area contributed by atoms with Gasteiger partial charge in [-0.3, -0.25) is 4.21 Å². The summed E-state index contributed by atoms with van der Waals surface area (Å²) in [6.45, 7) is 2.04. The Balaban J connectivity index is 2.87. The second-order valence-corrected chi connectivity index (χ2v) is 4.87. The zero-order valence-electron chi connectivity index (χ0n) is 6.92. The minimum atomic E-state index is -0.842. The molecule has 0 aliphatic rings. The van der Waals surface area contributed by atoms with E-state index in [0.29, 0.717) is 0 Å². The fraction of sp³-hybridized carbons (Fsp3) is 0.333.